The Hall–Kier alpha value is -10.8. The summed E-state index contributed by atoms with van der Waals surface area (Å²) in [6.07, 6.45) is 0. The second-order valence-electron chi connectivity index (χ2n) is 19.2. The average Bonchev–Trinajstić information content (AvgIpc) is 3.50. The van der Waals surface area contributed by atoms with Crippen LogP contribution in [-0.2, 0) is 0 Å². The van der Waals surface area contributed by atoms with E-state index in [4.69, 9.17) is 0 Å². The number of hydrogen-bond donors (Lipinski definition) is 0. The third-order valence-corrected chi connectivity index (χ3v) is 14.4. The zero-order valence-corrected chi connectivity index (χ0v) is 41.6. The Kier molecular flexibility index (Phi) is 11.8. The molecular formula is C70H44N6. The molecule has 0 radical (unpaired) electrons. The summed E-state index contributed by atoms with van der Waals surface area (Å²) in [6, 6.07) is 88.5. The monoisotopic (exact) mass is 968 g/mol. The molecule has 0 aliphatic rings. The number of rotatable bonds is 10. The van der Waals surface area contributed by atoms with Gasteiger partial charge in [0.25, 0.3) is 0 Å². The molecule has 6 heteroatoms. The third-order valence-electron chi connectivity index (χ3n) is 14.4. The predicted molar refractivity (Wildman–Crippen MR) is 310 cm³/mol. The van der Waals surface area contributed by atoms with Crippen molar-refractivity contribution in [3.63, 3.8) is 0 Å². The summed E-state index contributed by atoms with van der Waals surface area (Å²) in [5.74, 6) is 0. The summed E-state index contributed by atoms with van der Waals surface area (Å²) >= 11 is 0. The lowest BCUT2D eigenvalue weighted by molar-refractivity contribution is 1.29. The van der Waals surface area contributed by atoms with Gasteiger partial charge < -0.3 is 9.80 Å². The van der Waals surface area contributed by atoms with Crippen molar-refractivity contribution in [1.82, 2.24) is 0 Å². The van der Waals surface area contributed by atoms with Crippen LogP contribution in [0.3, 0.4) is 0 Å². The van der Waals surface area contributed by atoms with Crippen molar-refractivity contribution in [2.75, 3.05) is 9.80 Å². The van der Waals surface area contributed by atoms with E-state index < -0.39 is 0 Å². The summed E-state index contributed by atoms with van der Waals surface area (Å²) in [7, 11) is 0. The maximum absolute atomic E-state index is 9.70. The van der Waals surface area contributed by atoms with E-state index in [1.165, 1.54) is 0 Å². The van der Waals surface area contributed by atoms with E-state index in [2.05, 4.69) is 181 Å². The predicted octanol–water partition coefficient (Wildman–Crippen LogP) is 18.3. The average molecular weight is 969 g/mol. The molecule has 0 saturated carbocycles. The van der Waals surface area contributed by atoms with E-state index in [1.807, 2.05) is 97.1 Å². The number of hydrogen-bond acceptors (Lipinski definition) is 6. The van der Waals surface area contributed by atoms with Crippen LogP contribution >= 0.6 is 0 Å². The summed E-state index contributed by atoms with van der Waals surface area (Å²) in [5.41, 5.74) is 18.5. The molecule has 0 amide bonds. The van der Waals surface area contributed by atoms with Gasteiger partial charge >= 0.3 is 0 Å². The van der Waals surface area contributed by atoms with Gasteiger partial charge in [-0.3, -0.25) is 0 Å². The lowest BCUT2D eigenvalue weighted by atomic mass is 9.91. The Balaban J connectivity index is 1.09. The lowest BCUT2D eigenvalue weighted by Gasteiger charge is -2.30. The molecule has 0 unspecified atom stereocenters. The van der Waals surface area contributed by atoms with Crippen molar-refractivity contribution in [2.24, 2.45) is 0 Å². The first-order chi connectivity index (χ1) is 37.2. The molecule has 0 aromatic heterocycles. The second-order valence-corrected chi connectivity index (χ2v) is 19.2. The minimum Gasteiger partial charge on any atom is -0.310 e. The number of aryl methyl sites for hydroxylation is 2. The molecule has 12 rings (SSSR count). The van der Waals surface area contributed by atoms with Crippen LogP contribution in [-0.4, -0.2) is 0 Å². The molecule has 0 aliphatic carbocycles. The topological polar surface area (TPSA) is 102 Å². The highest BCUT2D eigenvalue weighted by Gasteiger charge is 2.24. The SMILES string of the molecule is Cc1ccc(N(c2cc(-c3ccc(C#N)cc3)cc(-c3ccc(C#N)cc3)c2)c2ccc3ccc4c(N(c5ccc(C)cc5)c5cc(-c6ccc(C#N)cc6)cc(-c6ccc(C#N)cc6)c5)ccc5ccc2c3c54)cc1. The van der Waals surface area contributed by atoms with Gasteiger partial charge in [0, 0.05) is 33.5 Å². The number of benzene rings is 12. The fourth-order valence-electron chi connectivity index (χ4n) is 10.5. The summed E-state index contributed by atoms with van der Waals surface area (Å²) in [4.78, 5) is 4.70. The smallest absolute Gasteiger partial charge is 0.0991 e. The maximum atomic E-state index is 9.70. The van der Waals surface area contributed by atoms with E-state index in [-0.39, 0.29) is 0 Å². The van der Waals surface area contributed by atoms with Gasteiger partial charge in [0.15, 0.2) is 0 Å². The molecule has 0 N–H and O–H groups in total. The molecule has 0 aliphatic heterocycles. The number of nitrogens with zero attached hydrogens (tertiary/aromatic N) is 6. The van der Waals surface area contributed by atoms with Crippen LogP contribution < -0.4 is 9.80 Å². The van der Waals surface area contributed by atoms with E-state index in [9.17, 15) is 21.0 Å². The largest absolute Gasteiger partial charge is 0.310 e. The van der Waals surface area contributed by atoms with Gasteiger partial charge in [-0.05, 0) is 201 Å². The first kappa shape index (κ1) is 46.3. The Morgan fingerprint density at radius 3 is 0.816 bits per heavy atom. The highest BCUT2D eigenvalue weighted by molar-refractivity contribution is 6.28. The minimum atomic E-state index is 0.594. The molecule has 0 bridgehead atoms. The van der Waals surface area contributed by atoms with Gasteiger partial charge in [-0.25, -0.2) is 0 Å². The molecule has 0 fully saturated rings. The zero-order chi connectivity index (χ0) is 51.9. The minimum absolute atomic E-state index is 0.594. The van der Waals surface area contributed by atoms with Gasteiger partial charge in [-0.1, -0.05) is 120 Å². The van der Waals surface area contributed by atoms with Crippen molar-refractivity contribution in [1.29, 1.82) is 21.0 Å². The van der Waals surface area contributed by atoms with Gasteiger partial charge in [0.05, 0.1) is 57.9 Å². The Morgan fingerprint density at radius 2 is 0.539 bits per heavy atom. The van der Waals surface area contributed by atoms with E-state index in [0.29, 0.717) is 22.3 Å². The Labute approximate surface area is 441 Å². The van der Waals surface area contributed by atoms with Crippen LogP contribution in [0, 0.1) is 59.2 Å². The van der Waals surface area contributed by atoms with Crippen molar-refractivity contribution in [2.45, 2.75) is 13.8 Å². The van der Waals surface area contributed by atoms with Crippen molar-refractivity contribution < 1.29 is 0 Å². The van der Waals surface area contributed by atoms with Crippen molar-refractivity contribution in [3.05, 3.63) is 264 Å². The summed E-state index contributed by atoms with van der Waals surface area (Å²) in [6.45, 7) is 4.21. The van der Waals surface area contributed by atoms with Crippen LogP contribution in [0.25, 0.3) is 76.8 Å². The van der Waals surface area contributed by atoms with E-state index in [0.717, 1.165) is 122 Å². The van der Waals surface area contributed by atoms with Crippen LogP contribution in [0.15, 0.2) is 231 Å². The van der Waals surface area contributed by atoms with Crippen LogP contribution in [0.4, 0.5) is 34.1 Å². The molecule has 354 valence electrons. The molecule has 12 aromatic rings. The maximum Gasteiger partial charge on any atom is 0.0991 e. The molecular weight excluding hydrogens is 925 g/mol. The highest BCUT2D eigenvalue weighted by atomic mass is 15.1. The number of nitriles is 4. The molecule has 0 saturated heterocycles. The Morgan fingerprint density at radius 1 is 0.263 bits per heavy atom. The molecule has 76 heavy (non-hydrogen) atoms. The van der Waals surface area contributed by atoms with E-state index >= 15 is 0 Å². The van der Waals surface area contributed by atoms with Crippen LogP contribution in [0.2, 0.25) is 0 Å². The first-order valence-electron chi connectivity index (χ1n) is 25.0. The quantitative estimate of drug-likeness (QED) is 0.127. The number of anilines is 6. The lowest BCUT2D eigenvalue weighted by Crippen LogP contribution is -2.12. The Bertz CT molecular complexity index is 3920. The van der Waals surface area contributed by atoms with Gasteiger partial charge in [0.2, 0.25) is 0 Å². The van der Waals surface area contributed by atoms with Gasteiger partial charge in [-0.15, -0.1) is 0 Å². The van der Waals surface area contributed by atoms with Gasteiger partial charge in [-0.2, -0.15) is 21.0 Å². The summed E-state index contributed by atoms with van der Waals surface area (Å²) < 4.78 is 0. The molecule has 0 atom stereocenters. The zero-order valence-electron chi connectivity index (χ0n) is 41.6. The molecule has 0 spiro atoms. The standard InChI is InChI=1S/C70H44N6/c1-45-3-27-61(28-4-45)75(63-37-57(51-15-7-47(41-71)8-16-51)35-58(38-63)52-17-9-48(42-72)10-18-52)67-33-25-55-24-32-66-68(34-26-56-23-31-65(67)69(55)70(56)66)76(62-29-5-46(2)6-30-62)64-39-59(53-19-11-49(43-73)12-20-53)36-60(40-64)54-21-13-50(44-74)14-22-54/h3-40H,1-2H3. The third kappa shape index (κ3) is 8.55. The van der Waals surface area contributed by atoms with Gasteiger partial charge in [0.1, 0.15) is 0 Å². The highest BCUT2D eigenvalue weighted by Crippen LogP contribution is 2.49. The molecule has 12 aromatic carbocycles. The van der Waals surface area contributed by atoms with E-state index in [1.54, 1.807) is 0 Å². The van der Waals surface area contributed by atoms with Crippen molar-refractivity contribution >= 4 is 66.4 Å². The fourth-order valence-corrected chi connectivity index (χ4v) is 10.5. The van der Waals surface area contributed by atoms with Crippen LogP contribution in [0.1, 0.15) is 33.4 Å². The summed E-state index contributed by atoms with van der Waals surface area (Å²) in [5, 5.41) is 45.5. The normalized spacial score (nSPS) is 11.0. The fraction of sp³-hybridized carbons (Fsp3) is 0.0286. The molecule has 6 nitrogen and oxygen atoms in total. The second kappa shape index (κ2) is 19.3. The van der Waals surface area contributed by atoms with Crippen LogP contribution in [0.5, 0.6) is 0 Å². The van der Waals surface area contributed by atoms with Crippen molar-refractivity contribution in [3.8, 4) is 68.8 Å². The molecule has 0 heterocycles. The first-order valence-corrected chi connectivity index (χ1v) is 25.0.